The van der Waals surface area contributed by atoms with E-state index in [9.17, 15) is 8.78 Å². The minimum atomic E-state index is -0.594. The third-order valence-electron chi connectivity index (χ3n) is 3.25. The first-order valence-electron chi connectivity index (χ1n) is 6.52. The Balaban J connectivity index is 0.00000192. The van der Waals surface area contributed by atoms with Crippen LogP contribution in [0.1, 0.15) is 11.7 Å². The van der Waals surface area contributed by atoms with E-state index in [-0.39, 0.29) is 36.0 Å². The third kappa shape index (κ3) is 3.40. The zero-order chi connectivity index (χ0) is 15.7. The zero-order valence-electron chi connectivity index (χ0n) is 11.9. The maximum Gasteiger partial charge on any atom is 0.221 e. The molecule has 3 rings (SSSR count). The smallest absolute Gasteiger partial charge is 0.221 e. The van der Waals surface area contributed by atoms with E-state index in [0.29, 0.717) is 11.3 Å². The summed E-state index contributed by atoms with van der Waals surface area (Å²) in [5.41, 5.74) is 12.9. The van der Waals surface area contributed by atoms with Gasteiger partial charge in [-0.05, 0) is 42.0 Å². The highest BCUT2D eigenvalue weighted by molar-refractivity contribution is 6.04. The van der Waals surface area contributed by atoms with Crippen molar-refractivity contribution in [2.24, 2.45) is 21.5 Å². The third-order valence-corrected chi connectivity index (χ3v) is 3.25. The number of guanidine groups is 2. The van der Waals surface area contributed by atoms with Crippen LogP contribution in [0.2, 0.25) is 0 Å². The van der Waals surface area contributed by atoms with Gasteiger partial charge < -0.3 is 11.5 Å². The number of rotatable bonds is 2. The molecule has 0 bridgehead atoms. The van der Waals surface area contributed by atoms with E-state index in [0.717, 1.165) is 0 Å². The molecule has 1 aliphatic heterocycles. The fraction of sp³-hybridized carbons (Fsp3) is 0.0667. The molecule has 1 atom stereocenters. The van der Waals surface area contributed by atoms with Gasteiger partial charge in [-0.2, -0.15) is 4.99 Å². The van der Waals surface area contributed by atoms with Crippen molar-refractivity contribution in [3.63, 3.8) is 0 Å². The number of hydrogen-bond acceptors (Lipinski definition) is 5. The molecule has 5 nitrogen and oxygen atoms in total. The van der Waals surface area contributed by atoms with Gasteiger partial charge in [0.1, 0.15) is 11.6 Å². The van der Waals surface area contributed by atoms with Gasteiger partial charge in [0.05, 0.1) is 0 Å². The molecule has 0 amide bonds. The van der Waals surface area contributed by atoms with E-state index in [2.05, 4.69) is 9.98 Å². The number of benzene rings is 2. The van der Waals surface area contributed by atoms with E-state index in [4.69, 9.17) is 11.5 Å². The van der Waals surface area contributed by atoms with E-state index in [1.165, 1.54) is 24.3 Å². The Morgan fingerprint density at radius 3 is 1.96 bits per heavy atom. The Morgan fingerprint density at radius 1 is 0.870 bits per heavy atom. The normalized spacial score (nSPS) is 17.1. The predicted molar refractivity (Wildman–Crippen MR) is 88.5 cm³/mol. The monoisotopic (exact) mass is 337 g/mol. The summed E-state index contributed by atoms with van der Waals surface area (Å²) in [4.78, 5) is 9.79. The molecule has 0 spiro atoms. The van der Waals surface area contributed by atoms with Crippen LogP contribution >= 0.6 is 12.4 Å². The zero-order valence-corrected chi connectivity index (χ0v) is 12.7. The van der Waals surface area contributed by atoms with Crippen molar-refractivity contribution in [2.45, 2.75) is 6.17 Å². The summed E-state index contributed by atoms with van der Waals surface area (Å²) in [6.07, 6.45) is -0.594. The van der Waals surface area contributed by atoms with E-state index in [1.54, 1.807) is 29.2 Å². The standard InChI is InChI=1S/C15H13F2N5.ClH/c16-10-3-1-9(2-4-10)13-20-14(18)21-15(19)22(13)12-7-5-11(17)6-8-12;/h1-8,13H,(H4,18,19,20,21);1H. The Bertz CT molecular complexity index is 743. The molecule has 1 unspecified atom stereocenters. The number of anilines is 1. The summed E-state index contributed by atoms with van der Waals surface area (Å²) >= 11 is 0. The van der Waals surface area contributed by atoms with Crippen LogP contribution in [-0.4, -0.2) is 11.9 Å². The van der Waals surface area contributed by atoms with Gasteiger partial charge in [-0.25, -0.2) is 13.8 Å². The molecule has 0 radical (unpaired) electrons. The fourth-order valence-corrected chi connectivity index (χ4v) is 2.24. The Kier molecular flexibility index (Phi) is 4.80. The van der Waals surface area contributed by atoms with Gasteiger partial charge in [0.25, 0.3) is 0 Å². The maximum absolute atomic E-state index is 13.1. The minimum absolute atomic E-state index is 0. The van der Waals surface area contributed by atoms with Crippen LogP contribution in [0.5, 0.6) is 0 Å². The largest absolute Gasteiger partial charge is 0.369 e. The van der Waals surface area contributed by atoms with Crippen LogP contribution in [-0.2, 0) is 0 Å². The second-order valence-corrected chi connectivity index (χ2v) is 4.73. The van der Waals surface area contributed by atoms with Crippen LogP contribution in [0.25, 0.3) is 0 Å². The molecule has 8 heteroatoms. The number of nitrogens with two attached hydrogens (primary N) is 2. The van der Waals surface area contributed by atoms with Crippen molar-refractivity contribution in [3.8, 4) is 0 Å². The van der Waals surface area contributed by atoms with Crippen molar-refractivity contribution in [1.29, 1.82) is 0 Å². The first-order valence-corrected chi connectivity index (χ1v) is 6.52. The molecule has 0 saturated heterocycles. The van der Waals surface area contributed by atoms with E-state index < -0.39 is 6.17 Å². The van der Waals surface area contributed by atoms with Gasteiger partial charge in [0.15, 0.2) is 6.17 Å². The summed E-state index contributed by atoms with van der Waals surface area (Å²) in [5, 5.41) is 0. The fourth-order valence-electron chi connectivity index (χ4n) is 2.24. The van der Waals surface area contributed by atoms with Gasteiger partial charge in [0, 0.05) is 5.69 Å². The van der Waals surface area contributed by atoms with Crippen LogP contribution in [0, 0.1) is 11.6 Å². The van der Waals surface area contributed by atoms with E-state index >= 15 is 0 Å². The highest BCUT2D eigenvalue weighted by atomic mass is 35.5. The van der Waals surface area contributed by atoms with Crippen LogP contribution < -0.4 is 16.4 Å². The summed E-state index contributed by atoms with van der Waals surface area (Å²) in [6, 6.07) is 11.6. The van der Waals surface area contributed by atoms with Crippen molar-refractivity contribution in [1.82, 2.24) is 0 Å². The first kappa shape index (κ1) is 16.7. The highest BCUT2D eigenvalue weighted by Gasteiger charge is 2.27. The van der Waals surface area contributed by atoms with Gasteiger partial charge in [-0.15, -0.1) is 12.4 Å². The van der Waals surface area contributed by atoms with Crippen LogP contribution in [0.4, 0.5) is 14.5 Å². The van der Waals surface area contributed by atoms with Crippen molar-refractivity contribution >= 4 is 30.0 Å². The lowest BCUT2D eigenvalue weighted by Crippen LogP contribution is -2.44. The summed E-state index contributed by atoms with van der Waals surface area (Å²) in [5.74, 6) is -0.553. The van der Waals surface area contributed by atoms with Crippen LogP contribution in [0.15, 0.2) is 58.5 Å². The molecule has 2 aromatic carbocycles. The summed E-state index contributed by atoms with van der Waals surface area (Å²) in [7, 11) is 0. The molecule has 1 aliphatic rings. The molecule has 2 aromatic rings. The summed E-state index contributed by atoms with van der Waals surface area (Å²) < 4.78 is 26.2. The highest BCUT2D eigenvalue weighted by Crippen LogP contribution is 2.30. The number of hydrogen-bond donors (Lipinski definition) is 2. The average molecular weight is 338 g/mol. The molecule has 0 aromatic heterocycles. The quantitative estimate of drug-likeness (QED) is 0.883. The molecule has 0 aliphatic carbocycles. The molecule has 4 N–H and O–H groups in total. The Labute approximate surface area is 137 Å². The SMILES string of the molecule is Cl.NC1=NC(c2ccc(F)cc2)N(c2ccc(F)cc2)C(N)=N1. The Morgan fingerprint density at radius 2 is 1.39 bits per heavy atom. The maximum atomic E-state index is 13.1. The molecule has 120 valence electrons. The Hall–Kier alpha value is -2.67. The number of aliphatic imine (C=N–C) groups is 2. The molecular weight excluding hydrogens is 324 g/mol. The topological polar surface area (TPSA) is 80.0 Å². The molecular formula is C15H14ClF2N5. The van der Waals surface area contributed by atoms with Gasteiger partial charge in [-0.1, -0.05) is 12.1 Å². The lowest BCUT2D eigenvalue weighted by atomic mass is 10.1. The second-order valence-electron chi connectivity index (χ2n) is 4.73. The van der Waals surface area contributed by atoms with Gasteiger partial charge in [-0.3, -0.25) is 4.90 Å². The lowest BCUT2D eigenvalue weighted by Gasteiger charge is -2.32. The van der Waals surface area contributed by atoms with Crippen LogP contribution in [0.3, 0.4) is 0 Å². The number of halogens is 3. The molecule has 1 heterocycles. The predicted octanol–water partition coefficient (Wildman–Crippen LogP) is 2.53. The lowest BCUT2D eigenvalue weighted by molar-refractivity contribution is 0.623. The first-order chi connectivity index (χ1) is 10.5. The summed E-state index contributed by atoms with van der Waals surface area (Å²) in [6.45, 7) is 0. The minimum Gasteiger partial charge on any atom is -0.369 e. The second kappa shape index (κ2) is 6.62. The van der Waals surface area contributed by atoms with Crippen molar-refractivity contribution < 1.29 is 8.78 Å². The molecule has 0 saturated carbocycles. The van der Waals surface area contributed by atoms with Crippen molar-refractivity contribution in [3.05, 3.63) is 65.7 Å². The van der Waals surface area contributed by atoms with Gasteiger partial charge in [0.2, 0.25) is 11.9 Å². The van der Waals surface area contributed by atoms with E-state index in [1.807, 2.05) is 0 Å². The average Bonchev–Trinajstić information content (AvgIpc) is 2.49. The van der Waals surface area contributed by atoms with Crippen molar-refractivity contribution in [2.75, 3.05) is 4.90 Å². The molecule has 0 fully saturated rings. The molecule has 23 heavy (non-hydrogen) atoms. The van der Waals surface area contributed by atoms with Gasteiger partial charge >= 0.3 is 0 Å². The number of nitrogens with zero attached hydrogens (tertiary/aromatic N) is 3.